The molecule has 2 aromatic carbocycles. The molecule has 9 heteroatoms. The number of hydrogen-bond donors (Lipinski definition) is 1. The SMILES string of the molecule is CCOC(=O)[C@H]1CCCC(OS(C)(=O)=O)C1NC(=O)c1ccc(OCc2ccccc2)cc1. The molecule has 1 fully saturated rings. The number of ether oxygens (including phenoxy) is 2. The van der Waals surface area contributed by atoms with E-state index >= 15 is 0 Å². The lowest BCUT2D eigenvalue weighted by atomic mass is 9.82. The summed E-state index contributed by atoms with van der Waals surface area (Å²) < 4.78 is 39.6. The molecule has 8 nitrogen and oxygen atoms in total. The molecule has 0 bridgehead atoms. The van der Waals surface area contributed by atoms with Crippen LogP contribution >= 0.6 is 0 Å². The van der Waals surface area contributed by atoms with E-state index in [9.17, 15) is 18.0 Å². The Morgan fingerprint density at radius 1 is 1.03 bits per heavy atom. The van der Waals surface area contributed by atoms with Gasteiger partial charge in [-0.2, -0.15) is 8.42 Å². The molecule has 3 rings (SSSR count). The van der Waals surface area contributed by atoms with E-state index in [-0.39, 0.29) is 6.61 Å². The van der Waals surface area contributed by atoms with Crippen LogP contribution in [0.4, 0.5) is 0 Å². The van der Waals surface area contributed by atoms with Gasteiger partial charge in [-0.1, -0.05) is 30.3 Å². The third kappa shape index (κ3) is 7.30. The summed E-state index contributed by atoms with van der Waals surface area (Å²) in [6.07, 6.45) is 1.57. The molecule has 2 unspecified atom stereocenters. The molecule has 1 amide bonds. The molecule has 1 aliphatic carbocycles. The van der Waals surface area contributed by atoms with Gasteiger partial charge < -0.3 is 14.8 Å². The quantitative estimate of drug-likeness (QED) is 0.439. The normalized spacial score (nSPS) is 20.6. The summed E-state index contributed by atoms with van der Waals surface area (Å²) in [5.74, 6) is -0.999. The number of rotatable bonds is 9. The molecule has 0 aromatic heterocycles. The number of esters is 1. The predicted molar refractivity (Wildman–Crippen MR) is 122 cm³/mol. The van der Waals surface area contributed by atoms with Gasteiger partial charge in [0.2, 0.25) is 0 Å². The molecule has 2 aromatic rings. The van der Waals surface area contributed by atoms with E-state index in [0.717, 1.165) is 11.8 Å². The second-order valence-electron chi connectivity index (χ2n) is 7.93. The van der Waals surface area contributed by atoms with Gasteiger partial charge in [0.15, 0.2) is 0 Å². The molecular weight excluding hydrogens is 446 g/mol. The monoisotopic (exact) mass is 475 g/mol. The molecular formula is C24H29NO7S. The van der Waals surface area contributed by atoms with Crippen LogP contribution in [0, 0.1) is 5.92 Å². The topological polar surface area (TPSA) is 108 Å². The molecule has 0 heterocycles. The summed E-state index contributed by atoms with van der Waals surface area (Å²) in [5, 5.41) is 2.80. The summed E-state index contributed by atoms with van der Waals surface area (Å²) in [5.41, 5.74) is 1.38. The van der Waals surface area contributed by atoms with Crippen LogP contribution in [0.3, 0.4) is 0 Å². The van der Waals surface area contributed by atoms with Gasteiger partial charge in [-0.15, -0.1) is 0 Å². The van der Waals surface area contributed by atoms with Crippen molar-refractivity contribution in [1.82, 2.24) is 5.32 Å². The third-order valence-corrected chi connectivity index (χ3v) is 5.98. The fourth-order valence-corrected chi connectivity index (χ4v) is 4.54. The van der Waals surface area contributed by atoms with E-state index in [1.165, 1.54) is 0 Å². The zero-order chi connectivity index (χ0) is 23.8. The molecule has 1 saturated carbocycles. The summed E-state index contributed by atoms with van der Waals surface area (Å²) in [7, 11) is -3.77. The standard InChI is InChI=1S/C24H29NO7S/c1-3-30-24(27)20-10-7-11-21(32-33(2,28)29)22(20)25-23(26)18-12-14-19(15-13-18)31-16-17-8-5-4-6-9-17/h4-6,8-9,12-15,20-22H,3,7,10-11,16H2,1-2H3,(H,25,26)/t20-,21?,22?/m0/s1. The molecule has 3 atom stereocenters. The molecule has 0 aliphatic heterocycles. The predicted octanol–water partition coefficient (Wildman–Crippen LogP) is 3.07. The van der Waals surface area contributed by atoms with Crippen molar-refractivity contribution in [3.63, 3.8) is 0 Å². The Hall–Kier alpha value is -2.91. The van der Waals surface area contributed by atoms with Crippen LogP contribution in [-0.4, -0.2) is 45.3 Å². The number of carbonyl (C=O) groups is 2. The van der Waals surface area contributed by atoms with Crippen molar-refractivity contribution >= 4 is 22.0 Å². The lowest BCUT2D eigenvalue weighted by Crippen LogP contribution is -2.54. The van der Waals surface area contributed by atoms with Gasteiger partial charge in [0.25, 0.3) is 16.0 Å². The van der Waals surface area contributed by atoms with Gasteiger partial charge in [-0.05, 0) is 56.0 Å². The summed E-state index contributed by atoms with van der Waals surface area (Å²) in [6, 6.07) is 15.5. The highest BCUT2D eigenvalue weighted by molar-refractivity contribution is 7.86. The van der Waals surface area contributed by atoms with Crippen molar-refractivity contribution in [2.45, 2.75) is 44.9 Å². The van der Waals surface area contributed by atoms with Crippen molar-refractivity contribution in [2.75, 3.05) is 12.9 Å². The van der Waals surface area contributed by atoms with E-state index in [1.807, 2.05) is 30.3 Å². The molecule has 0 saturated heterocycles. The first kappa shape index (κ1) is 24.7. The Labute approximate surface area is 194 Å². The molecule has 178 valence electrons. The Balaban J connectivity index is 1.70. The minimum absolute atomic E-state index is 0.193. The molecule has 0 spiro atoms. The highest BCUT2D eigenvalue weighted by atomic mass is 32.2. The Kier molecular flexibility index (Phi) is 8.46. The zero-order valence-electron chi connectivity index (χ0n) is 18.7. The van der Waals surface area contributed by atoms with Crippen LogP contribution in [0.25, 0.3) is 0 Å². The third-order valence-electron chi connectivity index (χ3n) is 5.39. The Bertz CT molecular complexity index is 1040. The number of carbonyl (C=O) groups excluding carboxylic acids is 2. The lowest BCUT2D eigenvalue weighted by Gasteiger charge is -2.36. The second-order valence-corrected chi connectivity index (χ2v) is 9.53. The van der Waals surface area contributed by atoms with Crippen LogP contribution in [0.2, 0.25) is 0 Å². The van der Waals surface area contributed by atoms with Crippen molar-refractivity contribution in [3.8, 4) is 5.75 Å². The van der Waals surface area contributed by atoms with E-state index in [1.54, 1.807) is 31.2 Å². The molecule has 33 heavy (non-hydrogen) atoms. The fourth-order valence-electron chi connectivity index (χ4n) is 3.88. The second kappa shape index (κ2) is 11.3. The number of amides is 1. The van der Waals surface area contributed by atoms with Crippen LogP contribution in [0.1, 0.15) is 42.1 Å². The van der Waals surface area contributed by atoms with Crippen molar-refractivity contribution in [1.29, 1.82) is 0 Å². The molecule has 1 aliphatic rings. The average Bonchev–Trinajstić information content (AvgIpc) is 2.79. The summed E-state index contributed by atoms with van der Waals surface area (Å²) in [6.45, 7) is 2.29. The van der Waals surface area contributed by atoms with Gasteiger partial charge >= 0.3 is 5.97 Å². The van der Waals surface area contributed by atoms with E-state index in [4.69, 9.17) is 13.7 Å². The lowest BCUT2D eigenvalue weighted by molar-refractivity contribution is -0.151. The summed E-state index contributed by atoms with van der Waals surface area (Å²) >= 11 is 0. The van der Waals surface area contributed by atoms with Crippen molar-refractivity contribution in [3.05, 3.63) is 65.7 Å². The number of benzene rings is 2. The fraction of sp³-hybridized carbons (Fsp3) is 0.417. The minimum Gasteiger partial charge on any atom is -0.489 e. The van der Waals surface area contributed by atoms with E-state index < -0.39 is 40.1 Å². The van der Waals surface area contributed by atoms with Gasteiger partial charge in [0.05, 0.1) is 30.9 Å². The highest BCUT2D eigenvalue weighted by Gasteiger charge is 2.41. The Morgan fingerprint density at radius 3 is 2.36 bits per heavy atom. The maximum absolute atomic E-state index is 12.9. The van der Waals surface area contributed by atoms with Crippen molar-refractivity contribution < 1.29 is 31.7 Å². The van der Waals surface area contributed by atoms with Crippen LogP contribution < -0.4 is 10.1 Å². The number of nitrogens with one attached hydrogen (secondary N) is 1. The maximum atomic E-state index is 12.9. The summed E-state index contributed by atoms with van der Waals surface area (Å²) in [4.78, 5) is 25.4. The van der Waals surface area contributed by atoms with Gasteiger partial charge in [0.1, 0.15) is 12.4 Å². The van der Waals surface area contributed by atoms with E-state index in [2.05, 4.69) is 5.32 Å². The number of hydrogen-bond acceptors (Lipinski definition) is 7. The smallest absolute Gasteiger partial charge is 0.311 e. The maximum Gasteiger partial charge on any atom is 0.311 e. The largest absolute Gasteiger partial charge is 0.489 e. The Morgan fingerprint density at radius 2 is 1.73 bits per heavy atom. The van der Waals surface area contributed by atoms with Gasteiger partial charge in [-0.3, -0.25) is 13.8 Å². The van der Waals surface area contributed by atoms with Gasteiger partial charge in [-0.25, -0.2) is 0 Å². The van der Waals surface area contributed by atoms with Crippen molar-refractivity contribution in [2.24, 2.45) is 5.92 Å². The van der Waals surface area contributed by atoms with Gasteiger partial charge in [0, 0.05) is 5.56 Å². The van der Waals surface area contributed by atoms with Crippen LogP contribution in [0.15, 0.2) is 54.6 Å². The molecule has 0 radical (unpaired) electrons. The first-order chi connectivity index (χ1) is 15.8. The minimum atomic E-state index is -3.77. The van der Waals surface area contributed by atoms with E-state index in [0.29, 0.717) is 37.2 Å². The first-order valence-electron chi connectivity index (χ1n) is 10.9. The molecule has 1 N–H and O–H groups in total. The van der Waals surface area contributed by atoms with Crippen LogP contribution in [-0.2, 0) is 30.4 Å². The van der Waals surface area contributed by atoms with Crippen LogP contribution in [0.5, 0.6) is 5.75 Å². The first-order valence-corrected chi connectivity index (χ1v) is 12.7. The zero-order valence-corrected chi connectivity index (χ0v) is 19.5. The average molecular weight is 476 g/mol. The highest BCUT2D eigenvalue weighted by Crippen LogP contribution is 2.29.